The highest BCUT2D eigenvalue weighted by Gasteiger charge is 2.62. The van der Waals surface area contributed by atoms with Crippen LogP contribution in [0, 0.1) is 31.6 Å². The van der Waals surface area contributed by atoms with E-state index in [0.29, 0.717) is 51.0 Å². The quantitative estimate of drug-likeness (QED) is 0.225. The fourth-order valence-electron chi connectivity index (χ4n) is 6.24. The Bertz CT molecular complexity index is 1780. The van der Waals surface area contributed by atoms with Gasteiger partial charge < -0.3 is 10.2 Å². The van der Waals surface area contributed by atoms with Crippen LogP contribution in [-0.4, -0.2) is 64.8 Å². The SMILES string of the molecule is CC(=O)c1nn(CC(=O)N2C[C@H]3[C@@H](C)[C@H]3[C@H]2C(=O)Nc2nc(Br)ccc2C)c2c(C(C)C)nc(-c3cnc(C)nc3)cc12. The summed E-state index contributed by atoms with van der Waals surface area (Å²) in [6.45, 7) is 11.7. The number of ketones is 1. The topological polar surface area (TPSA) is 136 Å². The molecular formula is C31H33BrN8O3. The summed E-state index contributed by atoms with van der Waals surface area (Å²) >= 11 is 3.37. The van der Waals surface area contributed by atoms with Crippen molar-refractivity contribution in [2.75, 3.05) is 11.9 Å². The number of fused-ring (bicyclic) bond motifs is 2. The molecule has 0 aromatic carbocycles. The summed E-state index contributed by atoms with van der Waals surface area (Å²) in [6.07, 6.45) is 3.41. The van der Waals surface area contributed by atoms with E-state index in [1.54, 1.807) is 22.0 Å². The monoisotopic (exact) mass is 644 g/mol. The number of amides is 2. The molecule has 5 heterocycles. The molecule has 11 nitrogen and oxygen atoms in total. The number of aromatic nitrogens is 6. The van der Waals surface area contributed by atoms with Gasteiger partial charge in [0.05, 0.1) is 16.9 Å². The number of nitrogens with zero attached hydrogens (tertiary/aromatic N) is 7. The second-order valence-electron chi connectivity index (χ2n) is 11.9. The summed E-state index contributed by atoms with van der Waals surface area (Å²) in [7, 11) is 0. The molecule has 4 aromatic rings. The van der Waals surface area contributed by atoms with Gasteiger partial charge in [-0.25, -0.2) is 15.0 Å². The Morgan fingerprint density at radius 3 is 2.51 bits per heavy atom. The number of aryl methyl sites for hydroxylation is 2. The highest BCUT2D eigenvalue weighted by atomic mass is 79.9. The van der Waals surface area contributed by atoms with Crippen molar-refractivity contribution in [2.24, 2.45) is 17.8 Å². The van der Waals surface area contributed by atoms with Crippen LogP contribution in [0.15, 0.2) is 35.2 Å². The van der Waals surface area contributed by atoms with Crippen molar-refractivity contribution in [1.29, 1.82) is 0 Å². The molecule has 6 rings (SSSR count). The third-order valence-electron chi connectivity index (χ3n) is 8.63. The fourth-order valence-corrected chi connectivity index (χ4v) is 6.55. The molecule has 0 spiro atoms. The minimum Gasteiger partial charge on any atom is -0.328 e. The smallest absolute Gasteiger partial charge is 0.248 e. The normalized spacial score (nSPS) is 20.9. The largest absolute Gasteiger partial charge is 0.328 e. The molecule has 4 aromatic heterocycles. The van der Waals surface area contributed by atoms with Crippen molar-refractivity contribution in [3.8, 4) is 11.3 Å². The summed E-state index contributed by atoms with van der Waals surface area (Å²) in [5.74, 6) is 1.10. The molecule has 1 N–H and O–H groups in total. The Hall–Kier alpha value is -4.06. The second-order valence-corrected chi connectivity index (χ2v) is 12.7. The van der Waals surface area contributed by atoms with Gasteiger partial charge >= 0.3 is 0 Å². The van der Waals surface area contributed by atoms with Crippen molar-refractivity contribution in [3.05, 3.63) is 58.0 Å². The van der Waals surface area contributed by atoms with Gasteiger partial charge in [0.25, 0.3) is 0 Å². The molecule has 0 radical (unpaired) electrons. The summed E-state index contributed by atoms with van der Waals surface area (Å²) in [5, 5.41) is 8.21. The fraction of sp³-hybridized carbons (Fsp3) is 0.419. The lowest BCUT2D eigenvalue weighted by Gasteiger charge is -2.28. The van der Waals surface area contributed by atoms with Crippen LogP contribution in [0.4, 0.5) is 5.82 Å². The molecule has 1 saturated carbocycles. The highest BCUT2D eigenvalue weighted by Crippen LogP contribution is 2.55. The summed E-state index contributed by atoms with van der Waals surface area (Å²) < 4.78 is 2.19. The lowest BCUT2D eigenvalue weighted by Crippen LogP contribution is -2.48. The minimum atomic E-state index is -0.613. The van der Waals surface area contributed by atoms with E-state index in [9.17, 15) is 14.4 Å². The van der Waals surface area contributed by atoms with Crippen molar-refractivity contribution in [1.82, 2.24) is 34.6 Å². The predicted molar refractivity (Wildman–Crippen MR) is 164 cm³/mol. The number of hydrogen-bond donors (Lipinski definition) is 1. The third kappa shape index (κ3) is 5.21. The van der Waals surface area contributed by atoms with E-state index < -0.39 is 6.04 Å². The van der Waals surface area contributed by atoms with E-state index in [-0.39, 0.29) is 47.6 Å². The first-order valence-electron chi connectivity index (χ1n) is 14.4. The van der Waals surface area contributed by atoms with Gasteiger partial charge in [-0.1, -0.05) is 26.8 Å². The van der Waals surface area contributed by atoms with Crippen LogP contribution >= 0.6 is 15.9 Å². The van der Waals surface area contributed by atoms with Gasteiger partial charge in [-0.15, -0.1) is 0 Å². The molecule has 2 fully saturated rings. The van der Waals surface area contributed by atoms with Gasteiger partial charge in [-0.2, -0.15) is 5.10 Å². The zero-order valence-electron chi connectivity index (χ0n) is 24.9. The molecule has 1 aliphatic carbocycles. The average Bonchev–Trinajstić information content (AvgIpc) is 3.28. The van der Waals surface area contributed by atoms with Crippen LogP contribution in [0.5, 0.6) is 0 Å². The average molecular weight is 646 g/mol. The van der Waals surface area contributed by atoms with Crippen molar-refractivity contribution >= 4 is 50.2 Å². The highest BCUT2D eigenvalue weighted by molar-refractivity contribution is 9.10. The summed E-state index contributed by atoms with van der Waals surface area (Å²) in [6, 6.07) is 4.89. The zero-order valence-corrected chi connectivity index (χ0v) is 26.5. The number of rotatable bonds is 7. The molecule has 1 saturated heterocycles. The van der Waals surface area contributed by atoms with Crippen LogP contribution in [0.1, 0.15) is 61.2 Å². The molecule has 1 aliphatic heterocycles. The first-order valence-corrected chi connectivity index (χ1v) is 15.2. The molecule has 4 atom stereocenters. The van der Waals surface area contributed by atoms with Gasteiger partial charge in [-0.05, 0) is 71.1 Å². The molecule has 2 aliphatic rings. The van der Waals surface area contributed by atoms with Crippen LogP contribution in [-0.2, 0) is 16.1 Å². The van der Waals surface area contributed by atoms with Crippen LogP contribution < -0.4 is 5.32 Å². The Kier molecular flexibility index (Phi) is 7.35. The number of Topliss-reactive ketones (excluding diaryl/α,β-unsaturated/α-hetero) is 1. The lowest BCUT2D eigenvalue weighted by atomic mass is 10.0. The Morgan fingerprint density at radius 1 is 1.12 bits per heavy atom. The second kappa shape index (κ2) is 10.9. The molecule has 2 amide bonds. The van der Waals surface area contributed by atoms with Crippen LogP contribution in [0.2, 0.25) is 0 Å². The van der Waals surface area contributed by atoms with Gasteiger partial charge in [0.15, 0.2) is 5.78 Å². The molecule has 0 bridgehead atoms. The Labute approximate surface area is 257 Å². The van der Waals surface area contributed by atoms with E-state index in [0.717, 1.165) is 11.1 Å². The molecule has 12 heteroatoms. The number of hydrogen-bond acceptors (Lipinski definition) is 8. The van der Waals surface area contributed by atoms with E-state index in [2.05, 4.69) is 48.2 Å². The Balaban J connectivity index is 1.35. The number of anilines is 1. The van der Waals surface area contributed by atoms with Gasteiger partial charge in [0.2, 0.25) is 11.8 Å². The lowest BCUT2D eigenvalue weighted by molar-refractivity contribution is -0.138. The number of carbonyl (C=O) groups excluding carboxylic acids is 3. The van der Waals surface area contributed by atoms with E-state index in [1.807, 2.05) is 45.9 Å². The van der Waals surface area contributed by atoms with Crippen LogP contribution in [0.3, 0.4) is 0 Å². The van der Waals surface area contributed by atoms with Gasteiger partial charge in [0.1, 0.15) is 34.5 Å². The summed E-state index contributed by atoms with van der Waals surface area (Å²) in [5.41, 5.74) is 3.80. The van der Waals surface area contributed by atoms with Gasteiger partial charge in [0, 0.05) is 36.8 Å². The maximum Gasteiger partial charge on any atom is 0.248 e. The standard InChI is InChI=1S/C31H33BrN8O3/c1-14(2)26-28-20(9-22(35-26)19-10-33-18(6)34-11-19)27(17(5)41)38-40(28)13-24(42)39-12-21-16(4)25(21)29(39)31(43)37-30-15(3)7-8-23(32)36-30/h7-11,14,16,21,25,29H,12-13H2,1-6H3,(H,36,37,43)/t16-,21+,25-,29+/m1/s1. The number of nitrogens with one attached hydrogen (secondary N) is 1. The molecule has 222 valence electrons. The molecule has 43 heavy (non-hydrogen) atoms. The molecule has 0 unspecified atom stereocenters. The predicted octanol–water partition coefficient (Wildman–Crippen LogP) is 4.72. The van der Waals surface area contributed by atoms with Crippen molar-refractivity contribution in [3.63, 3.8) is 0 Å². The zero-order chi connectivity index (χ0) is 30.7. The van der Waals surface area contributed by atoms with E-state index in [1.165, 1.54) is 6.92 Å². The van der Waals surface area contributed by atoms with Crippen LogP contribution in [0.25, 0.3) is 22.2 Å². The van der Waals surface area contributed by atoms with E-state index in [4.69, 9.17) is 4.98 Å². The third-order valence-corrected chi connectivity index (χ3v) is 9.07. The number of pyridine rings is 2. The van der Waals surface area contributed by atoms with Crippen molar-refractivity contribution < 1.29 is 14.4 Å². The number of halogens is 1. The first kappa shape index (κ1) is 29.0. The maximum atomic E-state index is 13.9. The van der Waals surface area contributed by atoms with Gasteiger partial charge in [-0.3, -0.25) is 24.0 Å². The number of carbonyl (C=O) groups is 3. The Morgan fingerprint density at radius 2 is 1.84 bits per heavy atom. The maximum absolute atomic E-state index is 13.9. The first-order chi connectivity index (χ1) is 20.4. The number of likely N-dealkylation sites (tertiary alicyclic amines) is 1. The van der Waals surface area contributed by atoms with E-state index >= 15 is 0 Å². The van der Waals surface area contributed by atoms with Crippen molar-refractivity contribution in [2.45, 2.75) is 60.0 Å². The minimum absolute atomic E-state index is 0.0288. The summed E-state index contributed by atoms with van der Waals surface area (Å²) in [4.78, 5) is 59.9. The molecular weight excluding hydrogens is 612 g/mol. The number of piperidine rings is 1.